The first-order chi connectivity index (χ1) is 11.2. The molecule has 5 rings (SSSR count). The van der Waals surface area contributed by atoms with Gasteiger partial charge in [0.05, 0.1) is 22.9 Å². The first kappa shape index (κ1) is 12.6. The minimum absolute atomic E-state index is 0.891. The van der Waals surface area contributed by atoms with E-state index in [9.17, 15) is 0 Å². The van der Waals surface area contributed by atoms with Crippen LogP contribution in [0.3, 0.4) is 0 Å². The fraction of sp³-hybridized carbons (Fsp3) is 0.158. The monoisotopic (exact) mass is 301 g/mol. The molecule has 0 spiro atoms. The number of benzene rings is 2. The standard InChI is InChI=1S/C19H17N4/c1-13-10-18-14(11-17(13)22-9-5-8-21(22)2)12-19-20-15-6-3-4-7-16(15)23(18)19/h3-11H,12H2,1-2H3/q+1. The molecule has 4 nitrogen and oxygen atoms in total. The van der Waals surface area contributed by atoms with Gasteiger partial charge < -0.3 is 0 Å². The van der Waals surface area contributed by atoms with E-state index in [-0.39, 0.29) is 0 Å². The number of para-hydroxylation sites is 2. The summed E-state index contributed by atoms with van der Waals surface area (Å²) in [7, 11) is 2.06. The predicted octanol–water partition coefficient (Wildman–Crippen LogP) is 2.85. The molecule has 112 valence electrons. The quantitative estimate of drug-likeness (QED) is 0.437. The van der Waals surface area contributed by atoms with Crippen LogP contribution in [0.5, 0.6) is 0 Å². The number of aryl methyl sites for hydroxylation is 2. The molecule has 4 heteroatoms. The molecule has 0 fully saturated rings. The van der Waals surface area contributed by atoms with Crippen molar-refractivity contribution in [2.24, 2.45) is 7.05 Å². The molecule has 2 aromatic carbocycles. The SMILES string of the molecule is Cc1cc2c(cc1-n1ccc[n+]1C)Cc1nc3ccccc3n1-2. The molecule has 1 aliphatic rings. The van der Waals surface area contributed by atoms with Crippen LogP contribution in [-0.4, -0.2) is 14.2 Å². The lowest BCUT2D eigenvalue weighted by molar-refractivity contribution is -0.744. The highest BCUT2D eigenvalue weighted by Crippen LogP contribution is 2.34. The highest BCUT2D eigenvalue weighted by Gasteiger charge is 2.24. The summed E-state index contributed by atoms with van der Waals surface area (Å²) in [6.07, 6.45) is 5.05. The molecule has 0 aliphatic carbocycles. The Hall–Kier alpha value is -2.88. The van der Waals surface area contributed by atoms with Crippen molar-refractivity contribution in [3.05, 3.63) is 71.8 Å². The fourth-order valence-corrected chi connectivity index (χ4v) is 3.63. The first-order valence-corrected chi connectivity index (χ1v) is 7.86. The van der Waals surface area contributed by atoms with Gasteiger partial charge in [-0.1, -0.05) is 12.1 Å². The molecule has 0 saturated heterocycles. The van der Waals surface area contributed by atoms with Gasteiger partial charge in [0.15, 0.2) is 13.2 Å². The lowest BCUT2D eigenvalue weighted by atomic mass is 10.1. The predicted molar refractivity (Wildman–Crippen MR) is 89.1 cm³/mol. The third kappa shape index (κ3) is 1.66. The van der Waals surface area contributed by atoms with Gasteiger partial charge in [0.2, 0.25) is 0 Å². The van der Waals surface area contributed by atoms with E-state index >= 15 is 0 Å². The van der Waals surface area contributed by atoms with Crippen molar-refractivity contribution in [1.29, 1.82) is 0 Å². The van der Waals surface area contributed by atoms with E-state index in [1.807, 2.05) is 6.07 Å². The topological polar surface area (TPSA) is 26.6 Å². The second kappa shape index (κ2) is 4.32. The van der Waals surface area contributed by atoms with E-state index in [2.05, 4.69) is 76.7 Å². The Morgan fingerprint density at radius 1 is 1.09 bits per heavy atom. The molecule has 0 N–H and O–H groups in total. The minimum Gasteiger partial charge on any atom is -0.296 e. The van der Waals surface area contributed by atoms with Gasteiger partial charge in [-0.15, -0.1) is 9.36 Å². The van der Waals surface area contributed by atoms with E-state index < -0.39 is 0 Å². The zero-order valence-corrected chi connectivity index (χ0v) is 13.2. The Balaban J connectivity index is 1.76. The van der Waals surface area contributed by atoms with Gasteiger partial charge in [-0.05, 0) is 42.3 Å². The smallest absolute Gasteiger partial charge is 0.195 e. The number of hydrogen-bond acceptors (Lipinski definition) is 1. The third-order valence-electron chi connectivity index (χ3n) is 4.73. The van der Waals surface area contributed by atoms with Crippen molar-refractivity contribution in [3.8, 4) is 11.4 Å². The van der Waals surface area contributed by atoms with Crippen molar-refractivity contribution in [2.45, 2.75) is 13.3 Å². The van der Waals surface area contributed by atoms with Crippen LogP contribution in [0.2, 0.25) is 0 Å². The van der Waals surface area contributed by atoms with Gasteiger partial charge in [-0.25, -0.2) is 4.98 Å². The van der Waals surface area contributed by atoms with Crippen LogP contribution < -0.4 is 4.68 Å². The molecule has 3 heterocycles. The summed E-state index contributed by atoms with van der Waals surface area (Å²) in [6.45, 7) is 2.17. The Morgan fingerprint density at radius 3 is 2.78 bits per heavy atom. The van der Waals surface area contributed by atoms with Crippen molar-refractivity contribution in [3.63, 3.8) is 0 Å². The maximum Gasteiger partial charge on any atom is 0.195 e. The van der Waals surface area contributed by atoms with Crippen molar-refractivity contribution in [1.82, 2.24) is 14.2 Å². The van der Waals surface area contributed by atoms with Crippen molar-refractivity contribution < 1.29 is 4.68 Å². The maximum absolute atomic E-state index is 4.80. The second-order valence-electron chi connectivity index (χ2n) is 6.21. The van der Waals surface area contributed by atoms with Crippen LogP contribution in [0.15, 0.2) is 54.9 Å². The molecule has 2 aromatic heterocycles. The molecule has 23 heavy (non-hydrogen) atoms. The normalized spacial score (nSPS) is 12.6. The molecule has 0 radical (unpaired) electrons. The Morgan fingerprint density at radius 2 is 1.96 bits per heavy atom. The van der Waals surface area contributed by atoms with Crippen LogP contribution in [0, 0.1) is 6.92 Å². The largest absolute Gasteiger partial charge is 0.296 e. The van der Waals surface area contributed by atoms with Crippen molar-refractivity contribution >= 4 is 11.0 Å². The third-order valence-corrected chi connectivity index (χ3v) is 4.73. The molecule has 4 aromatic rings. The molecule has 0 atom stereocenters. The van der Waals surface area contributed by atoms with E-state index in [1.165, 1.54) is 28.0 Å². The van der Waals surface area contributed by atoms with Gasteiger partial charge in [0.25, 0.3) is 0 Å². The Bertz CT molecular complexity index is 1070. The molecule has 1 aliphatic heterocycles. The average Bonchev–Trinajstić information content (AvgIpc) is 3.20. The Labute approximate surface area is 134 Å². The van der Waals surface area contributed by atoms with Gasteiger partial charge >= 0.3 is 0 Å². The lowest BCUT2D eigenvalue weighted by Gasteiger charge is -2.10. The van der Waals surface area contributed by atoms with Gasteiger partial charge in [0, 0.05) is 12.5 Å². The summed E-state index contributed by atoms with van der Waals surface area (Å²) in [5, 5.41) is 0. The van der Waals surface area contributed by atoms with Crippen LogP contribution in [0.4, 0.5) is 0 Å². The molecular formula is C19H17N4+. The molecule has 0 amide bonds. The van der Waals surface area contributed by atoms with Crippen LogP contribution in [0.25, 0.3) is 22.4 Å². The summed E-state index contributed by atoms with van der Waals surface area (Å²) in [5.41, 5.74) is 7.37. The van der Waals surface area contributed by atoms with Crippen LogP contribution >= 0.6 is 0 Å². The second-order valence-corrected chi connectivity index (χ2v) is 6.21. The summed E-state index contributed by atoms with van der Waals surface area (Å²) >= 11 is 0. The summed E-state index contributed by atoms with van der Waals surface area (Å²) in [4.78, 5) is 4.80. The average molecular weight is 301 g/mol. The highest BCUT2D eigenvalue weighted by molar-refractivity contribution is 5.80. The van der Waals surface area contributed by atoms with Gasteiger partial charge in [-0.3, -0.25) is 4.57 Å². The fourth-order valence-electron chi connectivity index (χ4n) is 3.63. The summed E-state index contributed by atoms with van der Waals surface area (Å²) in [6, 6.07) is 15.0. The zero-order valence-electron chi connectivity index (χ0n) is 13.2. The van der Waals surface area contributed by atoms with E-state index in [0.29, 0.717) is 0 Å². The highest BCUT2D eigenvalue weighted by atomic mass is 15.4. The van der Waals surface area contributed by atoms with Crippen LogP contribution in [-0.2, 0) is 13.5 Å². The maximum atomic E-state index is 4.80. The Kier molecular flexibility index (Phi) is 2.37. The van der Waals surface area contributed by atoms with E-state index in [0.717, 1.165) is 17.8 Å². The summed E-state index contributed by atoms with van der Waals surface area (Å²) in [5.74, 6) is 1.13. The number of imidazole rings is 1. The van der Waals surface area contributed by atoms with Crippen molar-refractivity contribution in [2.75, 3.05) is 0 Å². The van der Waals surface area contributed by atoms with Gasteiger partial charge in [0.1, 0.15) is 11.5 Å². The number of aromatic nitrogens is 4. The minimum atomic E-state index is 0.891. The lowest BCUT2D eigenvalue weighted by Crippen LogP contribution is -2.37. The van der Waals surface area contributed by atoms with E-state index in [4.69, 9.17) is 4.98 Å². The number of nitrogens with zero attached hydrogens (tertiary/aromatic N) is 4. The first-order valence-electron chi connectivity index (χ1n) is 7.86. The molecular weight excluding hydrogens is 284 g/mol. The molecule has 0 saturated carbocycles. The number of hydrogen-bond donors (Lipinski definition) is 0. The van der Waals surface area contributed by atoms with E-state index in [1.54, 1.807) is 0 Å². The van der Waals surface area contributed by atoms with Gasteiger partial charge in [-0.2, -0.15) is 0 Å². The molecule has 0 unspecified atom stereocenters. The molecule has 0 bridgehead atoms. The van der Waals surface area contributed by atoms with Crippen LogP contribution in [0.1, 0.15) is 17.0 Å². The number of rotatable bonds is 1. The zero-order chi connectivity index (χ0) is 15.6. The number of fused-ring (bicyclic) bond motifs is 5. The summed E-state index contributed by atoms with van der Waals surface area (Å²) < 4.78 is 6.57.